The van der Waals surface area contributed by atoms with Crippen molar-refractivity contribution in [3.63, 3.8) is 0 Å². The van der Waals surface area contributed by atoms with Gasteiger partial charge >= 0.3 is 0 Å². The van der Waals surface area contributed by atoms with Crippen LogP contribution in [0.1, 0.15) is 43.1 Å². The van der Waals surface area contributed by atoms with Gasteiger partial charge in [-0.05, 0) is 50.8 Å². The van der Waals surface area contributed by atoms with E-state index in [0.29, 0.717) is 53.3 Å². The molecule has 0 bridgehead atoms. The average molecular weight is 476 g/mol. The Kier molecular flexibility index (Phi) is 5.97. The van der Waals surface area contributed by atoms with Crippen LogP contribution in [-0.4, -0.2) is 53.5 Å². The van der Waals surface area contributed by atoms with Crippen molar-refractivity contribution in [3.05, 3.63) is 34.9 Å². The zero-order valence-electron chi connectivity index (χ0n) is 19.5. The topological polar surface area (TPSA) is 76.3 Å². The van der Waals surface area contributed by atoms with Crippen LogP contribution in [0.15, 0.2) is 16.7 Å². The van der Waals surface area contributed by atoms with E-state index in [9.17, 15) is 8.78 Å². The Morgan fingerprint density at radius 2 is 1.85 bits per heavy atom. The number of aromatic nitrogens is 3. The van der Waals surface area contributed by atoms with E-state index in [2.05, 4.69) is 25.3 Å². The standard InChI is InChI=1S/C24H28F3N5O2/c1-13-18-10-15(24(3,26)27)11-19(25)21(18)30-22(20(13)23-28-14(2)31-34-23)32-7-4-16(5-8-32)29-17-6-9-33-12-17/h10-11,16-17,29H,4-9,12H2,1-3H3/t17-/m1/s1. The molecular weight excluding hydrogens is 447 g/mol. The Labute approximate surface area is 195 Å². The summed E-state index contributed by atoms with van der Waals surface area (Å²) >= 11 is 0. The summed E-state index contributed by atoms with van der Waals surface area (Å²) in [4.78, 5) is 11.1. The normalized spacial score (nSPS) is 19.9. The lowest BCUT2D eigenvalue weighted by Gasteiger charge is -2.35. The van der Waals surface area contributed by atoms with Gasteiger partial charge in [-0.1, -0.05) is 5.16 Å². The van der Waals surface area contributed by atoms with Gasteiger partial charge in [-0.25, -0.2) is 18.2 Å². The monoisotopic (exact) mass is 475 g/mol. The van der Waals surface area contributed by atoms with Crippen LogP contribution in [0.4, 0.5) is 19.0 Å². The van der Waals surface area contributed by atoms with Crippen LogP contribution < -0.4 is 10.2 Å². The van der Waals surface area contributed by atoms with Crippen LogP contribution in [0, 0.1) is 19.7 Å². The van der Waals surface area contributed by atoms with Crippen molar-refractivity contribution in [3.8, 4) is 11.5 Å². The molecule has 0 radical (unpaired) electrons. The molecule has 2 aliphatic heterocycles. The summed E-state index contributed by atoms with van der Waals surface area (Å²) in [7, 11) is 0. The van der Waals surface area contributed by atoms with Crippen LogP contribution in [0.25, 0.3) is 22.4 Å². The van der Waals surface area contributed by atoms with Crippen molar-refractivity contribution in [2.75, 3.05) is 31.2 Å². The molecule has 0 amide bonds. The molecule has 7 nitrogen and oxygen atoms in total. The van der Waals surface area contributed by atoms with Gasteiger partial charge in [-0.2, -0.15) is 4.98 Å². The molecule has 34 heavy (non-hydrogen) atoms. The third-order valence-electron chi connectivity index (χ3n) is 6.73. The molecule has 0 spiro atoms. The number of piperidine rings is 1. The molecule has 2 saturated heterocycles. The van der Waals surface area contributed by atoms with Crippen molar-refractivity contribution in [2.45, 2.75) is 58.0 Å². The quantitative estimate of drug-likeness (QED) is 0.582. The predicted molar refractivity (Wildman–Crippen MR) is 122 cm³/mol. The summed E-state index contributed by atoms with van der Waals surface area (Å²) in [5, 5.41) is 7.87. The van der Waals surface area contributed by atoms with Gasteiger partial charge < -0.3 is 19.5 Å². The van der Waals surface area contributed by atoms with Crippen molar-refractivity contribution in [1.82, 2.24) is 20.4 Å². The van der Waals surface area contributed by atoms with Crippen molar-refractivity contribution < 1.29 is 22.4 Å². The first kappa shape index (κ1) is 23.0. The molecule has 0 unspecified atom stereocenters. The van der Waals surface area contributed by atoms with Crippen molar-refractivity contribution in [1.29, 1.82) is 0 Å². The number of ether oxygens (including phenoxy) is 1. The first-order valence-electron chi connectivity index (χ1n) is 11.6. The average Bonchev–Trinajstić information content (AvgIpc) is 3.45. The lowest BCUT2D eigenvalue weighted by molar-refractivity contribution is 0.0173. The molecule has 0 saturated carbocycles. The van der Waals surface area contributed by atoms with Gasteiger partial charge in [-0.15, -0.1) is 0 Å². The fourth-order valence-electron chi connectivity index (χ4n) is 4.86. The van der Waals surface area contributed by atoms with Crippen molar-refractivity contribution in [2.24, 2.45) is 0 Å². The summed E-state index contributed by atoms with van der Waals surface area (Å²) < 4.78 is 54.0. The zero-order valence-corrected chi connectivity index (χ0v) is 19.5. The Morgan fingerprint density at radius 3 is 2.47 bits per heavy atom. The van der Waals surface area contributed by atoms with E-state index in [0.717, 1.165) is 45.5 Å². The highest BCUT2D eigenvalue weighted by Crippen LogP contribution is 2.39. The Bertz CT molecular complexity index is 1200. The molecule has 0 aliphatic carbocycles. The van der Waals surface area contributed by atoms with E-state index in [1.54, 1.807) is 13.8 Å². The molecule has 182 valence electrons. The first-order valence-corrected chi connectivity index (χ1v) is 11.6. The summed E-state index contributed by atoms with van der Waals surface area (Å²) in [6.07, 6.45) is 2.80. The second-order valence-electron chi connectivity index (χ2n) is 9.31. The summed E-state index contributed by atoms with van der Waals surface area (Å²) in [5.41, 5.74) is 0.797. The van der Waals surface area contributed by atoms with E-state index in [-0.39, 0.29) is 11.4 Å². The maximum absolute atomic E-state index is 15.0. The van der Waals surface area contributed by atoms with Gasteiger partial charge in [-0.3, -0.25) is 0 Å². The second kappa shape index (κ2) is 8.81. The Hall–Kier alpha value is -2.72. The number of alkyl halides is 2. The smallest absolute Gasteiger partial charge is 0.270 e. The maximum atomic E-state index is 15.0. The number of nitrogens with one attached hydrogen (secondary N) is 1. The van der Waals surface area contributed by atoms with Gasteiger partial charge in [0.05, 0.1) is 12.2 Å². The zero-order chi connectivity index (χ0) is 24.0. The van der Waals surface area contributed by atoms with E-state index < -0.39 is 17.3 Å². The third-order valence-corrected chi connectivity index (χ3v) is 6.73. The van der Waals surface area contributed by atoms with Crippen LogP contribution in [0.2, 0.25) is 0 Å². The fraction of sp³-hybridized carbons (Fsp3) is 0.542. The van der Waals surface area contributed by atoms with Crippen LogP contribution in [0.3, 0.4) is 0 Å². The number of halogens is 3. The number of aryl methyl sites for hydroxylation is 2. The molecule has 3 aromatic rings. The first-order chi connectivity index (χ1) is 16.2. The number of anilines is 1. The molecule has 2 aromatic heterocycles. The second-order valence-corrected chi connectivity index (χ2v) is 9.31. The van der Waals surface area contributed by atoms with Gasteiger partial charge in [0.15, 0.2) is 5.82 Å². The summed E-state index contributed by atoms with van der Waals surface area (Å²) in [6, 6.07) is 2.92. The largest absolute Gasteiger partial charge is 0.380 e. The molecule has 10 heteroatoms. The number of benzene rings is 1. The molecule has 2 aliphatic rings. The van der Waals surface area contributed by atoms with Gasteiger partial charge in [0.2, 0.25) is 0 Å². The number of rotatable bonds is 5. The number of hydrogen-bond acceptors (Lipinski definition) is 7. The highest BCUT2D eigenvalue weighted by atomic mass is 19.3. The molecular formula is C24H28F3N5O2. The van der Waals surface area contributed by atoms with E-state index in [1.807, 2.05) is 0 Å². The highest BCUT2D eigenvalue weighted by molar-refractivity contribution is 5.93. The van der Waals surface area contributed by atoms with E-state index in [4.69, 9.17) is 9.26 Å². The predicted octanol–water partition coefficient (Wildman–Crippen LogP) is 4.50. The Balaban J connectivity index is 1.54. The molecule has 2 fully saturated rings. The van der Waals surface area contributed by atoms with Crippen LogP contribution >= 0.6 is 0 Å². The summed E-state index contributed by atoms with van der Waals surface area (Å²) in [6.45, 7) is 7.16. The number of pyridine rings is 1. The minimum absolute atomic E-state index is 0.0591. The summed E-state index contributed by atoms with van der Waals surface area (Å²) in [5.74, 6) is -2.73. The molecule has 1 aromatic carbocycles. The lowest BCUT2D eigenvalue weighted by atomic mass is 9.97. The maximum Gasteiger partial charge on any atom is 0.270 e. The van der Waals surface area contributed by atoms with E-state index in [1.165, 1.54) is 6.07 Å². The molecule has 1 N–H and O–H groups in total. The van der Waals surface area contributed by atoms with E-state index >= 15 is 4.39 Å². The third kappa shape index (κ3) is 4.36. The SMILES string of the molecule is Cc1noc(-c2c(N3CCC(N[C@@H]4CCOC4)CC3)nc3c(F)cc(C(C)(F)F)cc3c2C)n1. The highest BCUT2D eigenvalue weighted by Gasteiger charge is 2.31. The van der Waals surface area contributed by atoms with Gasteiger partial charge in [0, 0.05) is 49.7 Å². The number of nitrogens with zero attached hydrogens (tertiary/aromatic N) is 4. The molecule has 5 rings (SSSR count). The van der Waals surface area contributed by atoms with Gasteiger partial charge in [0.25, 0.3) is 11.8 Å². The number of fused-ring (bicyclic) bond motifs is 1. The van der Waals surface area contributed by atoms with Crippen LogP contribution in [-0.2, 0) is 10.7 Å². The van der Waals surface area contributed by atoms with Crippen molar-refractivity contribution >= 4 is 16.7 Å². The van der Waals surface area contributed by atoms with Crippen LogP contribution in [0.5, 0.6) is 0 Å². The Morgan fingerprint density at radius 1 is 1.09 bits per heavy atom. The molecule has 4 heterocycles. The molecule has 1 atom stereocenters. The fourth-order valence-corrected chi connectivity index (χ4v) is 4.86. The minimum atomic E-state index is -3.18. The van der Waals surface area contributed by atoms with Gasteiger partial charge in [0.1, 0.15) is 17.2 Å². The minimum Gasteiger partial charge on any atom is -0.380 e. The lowest BCUT2D eigenvalue weighted by Crippen LogP contribution is -2.46. The number of hydrogen-bond donors (Lipinski definition) is 1.